The topological polar surface area (TPSA) is 49.4 Å². The Morgan fingerprint density at radius 1 is 0.964 bits per heavy atom. The van der Waals surface area contributed by atoms with Crippen LogP contribution in [0.4, 0.5) is 5.69 Å². The minimum absolute atomic E-state index is 0.137. The van der Waals surface area contributed by atoms with Crippen molar-refractivity contribution in [1.29, 1.82) is 0 Å². The van der Waals surface area contributed by atoms with Gasteiger partial charge in [-0.3, -0.25) is 14.5 Å². The van der Waals surface area contributed by atoms with Crippen LogP contribution in [-0.2, 0) is 17.8 Å². The minimum Gasteiger partial charge on any atom is -0.350 e. The van der Waals surface area contributed by atoms with E-state index in [9.17, 15) is 9.59 Å². The lowest BCUT2D eigenvalue weighted by Gasteiger charge is -2.25. The van der Waals surface area contributed by atoms with E-state index in [0.717, 1.165) is 22.4 Å². The smallest absolute Gasteiger partial charge is 0.259 e. The third-order valence-corrected chi connectivity index (χ3v) is 5.07. The fraction of sp³-hybridized carbons (Fsp3) is 0.167. The zero-order valence-electron chi connectivity index (χ0n) is 15.8. The van der Waals surface area contributed by atoms with Gasteiger partial charge in [0.1, 0.15) is 6.04 Å². The number of aryl methyl sites for hydroxylation is 1. The van der Waals surface area contributed by atoms with Gasteiger partial charge in [-0.2, -0.15) is 0 Å². The molecule has 0 aromatic heterocycles. The van der Waals surface area contributed by atoms with Gasteiger partial charge in [-0.15, -0.1) is 0 Å². The second-order valence-corrected chi connectivity index (χ2v) is 7.10. The van der Waals surface area contributed by atoms with Crippen molar-refractivity contribution < 1.29 is 9.59 Å². The first kappa shape index (κ1) is 18.0. The normalized spacial score (nSPS) is 15.2. The molecule has 4 nitrogen and oxygen atoms in total. The van der Waals surface area contributed by atoms with Crippen molar-refractivity contribution in [2.24, 2.45) is 0 Å². The van der Waals surface area contributed by atoms with Gasteiger partial charge in [0.25, 0.3) is 5.91 Å². The fourth-order valence-electron chi connectivity index (χ4n) is 3.70. The summed E-state index contributed by atoms with van der Waals surface area (Å²) in [6.45, 7) is 2.47. The van der Waals surface area contributed by atoms with Crippen LogP contribution in [0.3, 0.4) is 0 Å². The largest absolute Gasteiger partial charge is 0.350 e. The van der Waals surface area contributed by atoms with Crippen LogP contribution in [0, 0.1) is 6.92 Å². The van der Waals surface area contributed by atoms with E-state index >= 15 is 0 Å². The van der Waals surface area contributed by atoms with Gasteiger partial charge >= 0.3 is 0 Å². The number of rotatable bonds is 4. The molecular weight excluding hydrogens is 348 g/mol. The lowest BCUT2D eigenvalue weighted by Crippen LogP contribution is -2.48. The van der Waals surface area contributed by atoms with E-state index in [2.05, 4.69) is 11.4 Å². The molecule has 0 saturated carbocycles. The molecule has 28 heavy (non-hydrogen) atoms. The van der Waals surface area contributed by atoms with Gasteiger partial charge < -0.3 is 5.32 Å². The average Bonchev–Trinajstić information content (AvgIpc) is 3.12. The van der Waals surface area contributed by atoms with Crippen LogP contribution in [0.2, 0.25) is 0 Å². The summed E-state index contributed by atoms with van der Waals surface area (Å²) in [5.41, 5.74) is 4.61. The van der Waals surface area contributed by atoms with Gasteiger partial charge in [0.2, 0.25) is 5.91 Å². The van der Waals surface area contributed by atoms with E-state index in [1.165, 1.54) is 0 Å². The Morgan fingerprint density at radius 3 is 2.50 bits per heavy atom. The van der Waals surface area contributed by atoms with Crippen LogP contribution in [-0.4, -0.2) is 17.9 Å². The molecule has 1 aliphatic heterocycles. The minimum atomic E-state index is -0.546. The van der Waals surface area contributed by atoms with Crippen LogP contribution < -0.4 is 10.2 Å². The number of hydrogen-bond donors (Lipinski definition) is 1. The Hall–Kier alpha value is -3.40. The Labute approximate surface area is 164 Å². The summed E-state index contributed by atoms with van der Waals surface area (Å²) in [7, 11) is 0. The second kappa shape index (κ2) is 7.69. The van der Waals surface area contributed by atoms with Crippen LogP contribution in [0.5, 0.6) is 0 Å². The first-order valence-electron chi connectivity index (χ1n) is 9.43. The number of hydrogen-bond acceptors (Lipinski definition) is 2. The third-order valence-electron chi connectivity index (χ3n) is 5.07. The highest BCUT2D eigenvalue weighted by Crippen LogP contribution is 2.33. The second-order valence-electron chi connectivity index (χ2n) is 7.10. The van der Waals surface area contributed by atoms with Crippen molar-refractivity contribution in [2.75, 3.05) is 4.90 Å². The molecule has 1 atom stereocenters. The summed E-state index contributed by atoms with van der Waals surface area (Å²) in [6, 6.07) is 24.3. The number of nitrogens with one attached hydrogen (secondary N) is 1. The number of carbonyl (C=O) groups excluding carboxylic acids is 2. The average molecular weight is 370 g/mol. The Bertz CT molecular complexity index is 1010. The van der Waals surface area contributed by atoms with Crippen molar-refractivity contribution in [2.45, 2.75) is 25.9 Å². The number of para-hydroxylation sites is 1. The summed E-state index contributed by atoms with van der Waals surface area (Å²) in [5, 5.41) is 3.01. The number of anilines is 1. The van der Waals surface area contributed by atoms with Crippen LogP contribution in [0.15, 0.2) is 78.9 Å². The molecule has 1 N–H and O–H groups in total. The third kappa shape index (κ3) is 3.54. The number of nitrogens with zero attached hydrogens (tertiary/aromatic N) is 1. The number of carbonyl (C=O) groups is 2. The summed E-state index contributed by atoms with van der Waals surface area (Å²) < 4.78 is 0. The summed E-state index contributed by atoms with van der Waals surface area (Å²) >= 11 is 0. The predicted octanol–water partition coefficient (Wildman–Crippen LogP) is 3.88. The number of fused-ring (bicyclic) bond motifs is 1. The molecule has 0 aliphatic carbocycles. The van der Waals surface area contributed by atoms with Gasteiger partial charge in [0.05, 0.1) is 0 Å². The van der Waals surface area contributed by atoms with Crippen molar-refractivity contribution in [3.63, 3.8) is 0 Å². The van der Waals surface area contributed by atoms with Gasteiger partial charge in [-0.25, -0.2) is 0 Å². The van der Waals surface area contributed by atoms with Crippen molar-refractivity contribution in [1.82, 2.24) is 5.32 Å². The van der Waals surface area contributed by atoms with E-state index in [-0.39, 0.29) is 11.8 Å². The molecule has 2 amide bonds. The van der Waals surface area contributed by atoms with Crippen molar-refractivity contribution >= 4 is 17.5 Å². The maximum atomic E-state index is 13.2. The maximum Gasteiger partial charge on any atom is 0.259 e. The van der Waals surface area contributed by atoms with Crippen LogP contribution in [0.1, 0.15) is 27.0 Å². The van der Waals surface area contributed by atoms with E-state index < -0.39 is 6.04 Å². The van der Waals surface area contributed by atoms with Gasteiger partial charge in [0.15, 0.2) is 0 Å². The molecule has 0 fully saturated rings. The highest BCUT2D eigenvalue weighted by molar-refractivity contribution is 6.11. The monoisotopic (exact) mass is 370 g/mol. The molecule has 3 aromatic carbocycles. The maximum absolute atomic E-state index is 13.2. The summed E-state index contributed by atoms with van der Waals surface area (Å²) in [5.74, 6) is -0.289. The molecule has 0 spiro atoms. The molecule has 3 aromatic rings. The molecule has 140 valence electrons. The Balaban J connectivity index is 1.58. The molecule has 4 heteroatoms. The van der Waals surface area contributed by atoms with Gasteiger partial charge in [-0.1, -0.05) is 66.2 Å². The lowest BCUT2D eigenvalue weighted by atomic mass is 10.1. The van der Waals surface area contributed by atoms with Crippen LogP contribution in [0.25, 0.3) is 0 Å². The first-order valence-corrected chi connectivity index (χ1v) is 9.43. The first-order chi connectivity index (χ1) is 13.6. The summed E-state index contributed by atoms with van der Waals surface area (Å²) in [4.78, 5) is 27.8. The van der Waals surface area contributed by atoms with Crippen LogP contribution >= 0.6 is 0 Å². The van der Waals surface area contributed by atoms with E-state index in [0.29, 0.717) is 18.5 Å². The lowest BCUT2D eigenvalue weighted by molar-refractivity contribution is -0.122. The fourth-order valence-corrected chi connectivity index (χ4v) is 3.70. The van der Waals surface area contributed by atoms with E-state index in [4.69, 9.17) is 0 Å². The molecular formula is C24H22N2O2. The zero-order valence-corrected chi connectivity index (χ0v) is 15.8. The van der Waals surface area contributed by atoms with E-state index in [1.54, 1.807) is 17.0 Å². The van der Waals surface area contributed by atoms with Gasteiger partial charge in [0, 0.05) is 24.2 Å². The Kier molecular flexibility index (Phi) is 4.94. The number of benzene rings is 3. The molecule has 0 saturated heterocycles. The highest BCUT2D eigenvalue weighted by Gasteiger charge is 2.38. The number of amides is 2. The molecule has 0 radical (unpaired) electrons. The van der Waals surface area contributed by atoms with Crippen molar-refractivity contribution in [3.8, 4) is 0 Å². The Morgan fingerprint density at radius 2 is 1.71 bits per heavy atom. The quantitative estimate of drug-likeness (QED) is 0.758. The highest BCUT2D eigenvalue weighted by atomic mass is 16.2. The molecule has 0 unspecified atom stereocenters. The predicted molar refractivity (Wildman–Crippen MR) is 110 cm³/mol. The zero-order chi connectivity index (χ0) is 19.5. The standard InChI is InChI=1S/C24H22N2O2/c1-17-8-7-9-18(14-17)16-25-23(27)22-15-20-12-5-6-13-21(20)26(22)24(28)19-10-3-2-4-11-19/h2-14,22H,15-16H2,1H3,(H,25,27)/t22-/m1/s1. The van der Waals surface area contributed by atoms with Gasteiger partial charge in [-0.05, 0) is 36.2 Å². The SMILES string of the molecule is Cc1cccc(CNC(=O)[C@H]2Cc3ccccc3N2C(=O)c2ccccc2)c1. The molecule has 1 aliphatic rings. The van der Waals surface area contributed by atoms with E-state index in [1.807, 2.05) is 67.6 Å². The molecule has 1 heterocycles. The summed E-state index contributed by atoms with van der Waals surface area (Å²) in [6.07, 6.45) is 0.522. The molecule has 4 rings (SSSR count). The molecule has 0 bridgehead atoms. The van der Waals surface area contributed by atoms with Crippen molar-refractivity contribution in [3.05, 3.63) is 101 Å².